The summed E-state index contributed by atoms with van der Waals surface area (Å²) in [6.45, 7) is 6.26. The minimum absolute atomic E-state index is 0.124. The Kier molecular flexibility index (Phi) is 56.1. The molecular formula is C68H104O6. The summed E-state index contributed by atoms with van der Waals surface area (Å²) in [4.78, 5) is 38.1. The molecule has 0 aliphatic carbocycles. The van der Waals surface area contributed by atoms with Gasteiger partial charge in [0, 0.05) is 19.3 Å². The van der Waals surface area contributed by atoms with Crippen LogP contribution in [0.4, 0.5) is 0 Å². The Bertz CT molecular complexity index is 1740. The second kappa shape index (κ2) is 60.3. The van der Waals surface area contributed by atoms with Gasteiger partial charge in [0.25, 0.3) is 0 Å². The van der Waals surface area contributed by atoms with Gasteiger partial charge in [0.1, 0.15) is 13.2 Å². The standard InChI is InChI=1S/C68H104O6/c1-4-7-10-13-16-19-22-25-28-29-30-31-32-33-34-35-36-37-38-39-41-43-46-49-52-55-58-61-67(70)73-64-65(63-72-66(69)60-57-54-51-48-45-42-27-24-21-18-15-12-9-6-3)74-68(71)62-59-56-53-50-47-44-40-26-23-20-17-14-11-8-5-2/h7-8,10-11,15-20,24-28,30-31,33-34,36-37,39-41,46-47,49-50,65H,4-6,9,12-14,21-23,29,32,35,38,42-45,48,51-64H2,1-3H3/b10-7-,11-8-,18-15-,19-16-,20-17-,27-24-,28-25-,31-30-,34-33-,37-36-,40-26-,41-39-,49-46-,50-47-. The first kappa shape index (κ1) is 68.8. The fraction of sp³-hybridized carbons (Fsp3) is 0.544. The van der Waals surface area contributed by atoms with Gasteiger partial charge in [-0.05, 0) is 148 Å². The van der Waals surface area contributed by atoms with Gasteiger partial charge in [-0.2, -0.15) is 0 Å². The molecule has 6 nitrogen and oxygen atoms in total. The molecule has 0 radical (unpaired) electrons. The molecule has 0 aromatic heterocycles. The van der Waals surface area contributed by atoms with E-state index in [1.807, 2.05) is 0 Å². The molecule has 0 N–H and O–H groups in total. The molecule has 6 heteroatoms. The average Bonchev–Trinajstić information content (AvgIpc) is 3.40. The van der Waals surface area contributed by atoms with Crippen LogP contribution in [0.15, 0.2) is 170 Å². The van der Waals surface area contributed by atoms with Crippen LogP contribution in [0.5, 0.6) is 0 Å². The Morgan fingerprint density at radius 2 is 0.527 bits per heavy atom. The summed E-state index contributed by atoms with van der Waals surface area (Å²) >= 11 is 0. The van der Waals surface area contributed by atoms with Gasteiger partial charge in [-0.1, -0.05) is 223 Å². The SMILES string of the molecule is CC/C=C\C/C=C\C/C=C\C/C=C\C/C=C\C/C=C\C/C=C\C/C=C\CCCCC(=O)OCC(COC(=O)CCCCCCC/C=C\C/C=C\CCCC)OC(=O)CCCC/C=C\C/C=C\C/C=C\C/C=C\CC. The first-order chi connectivity index (χ1) is 36.5. The van der Waals surface area contributed by atoms with E-state index in [1.54, 1.807) is 0 Å². The molecule has 0 saturated carbocycles. The fourth-order valence-corrected chi connectivity index (χ4v) is 7.11. The number of hydrogen-bond acceptors (Lipinski definition) is 6. The highest BCUT2D eigenvalue weighted by Crippen LogP contribution is 2.12. The van der Waals surface area contributed by atoms with Crippen LogP contribution in [0.1, 0.15) is 220 Å². The van der Waals surface area contributed by atoms with E-state index in [9.17, 15) is 14.4 Å². The minimum atomic E-state index is -0.833. The molecule has 0 saturated heterocycles. The molecule has 1 atom stereocenters. The Morgan fingerprint density at radius 1 is 0.284 bits per heavy atom. The van der Waals surface area contributed by atoms with E-state index in [2.05, 4.69) is 191 Å². The molecule has 0 spiro atoms. The number of carbonyl (C=O) groups is 3. The van der Waals surface area contributed by atoms with Crippen LogP contribution in [-0.2, 0) is 28.6 Å². The van der Waals surface area contributed by atoms with Crippen LogP contribution in [0.3, 0.4) is 0 Å². The highest BCUT2D eigenvalue weighted by Gasteiger charge is 2.19. The summed E-state index contributed by atoms with van der Waals surface area (Å²) in [5, 5.41) is 0. The van der Waals surface area contributed by atoms with Crippen molar-refractivity contribution in [2.75, 3.05) is 13.2 Å². The first-order valence-electron chi connectivity index (χ1n) is 29.1. The zero-order valence-electron chi connectivity index (χ0n) is 47.0. The van der Waals surface area contributed by atoms with E-state index in [0.29, 0.717) is 19.3 Å². The monoisotopic (exact) mass is 1020 g/mol. The lowest BCUT2D eigenvalue weighted by Crippen LogP contribution is -2.30. The van der Waals surface area contributed by atoms with Crippen LogP contribution in [0.2, 0.25) is 0 Å². The molecule has 0 heterocycles. The van der Waals surface area contributed by atoms with Crippen LogP contribution >= 0.6 is 0 Å². The molecule has 0 amide bonds. The zero-order valence-corrected chi connectivity index (χ0v) is 47.0. The van der Waals surface area contributed by atoms with E-state index in [4.69, 9.17) is 14.2 Å². The summed E-state index contributed by atoms with van der Waals surface area (Å²) in [7, 11) is 0. The summed E-state index contributed by atoms with van der Waals surface area (Å²) in [5.74, 6) is -1.04. The number of rotatable bonds is 50. The third-order valence-electron chi connectivity index (χ3n) is 11.4. The molecule has 0 aliphatic heterocycles. The Labute approximate surface area is 453 Å². The molecule has 74 heavy (non-hydrogen) atoms. The lowest BCUT2D eigenvalue weighted by Gasteiger charge is -2.18. The highest BCUT2D eigenvalue weighted by molar-refractivity contribution is 5.71. The molecule has 412 valence electrons. The molecule has 0 rings (SSSR count). The maximum atomic E-state index is 12.8. The topological polar surface area (TPSA) is 78.9 Å². The second-order valence-corrected chi connectivity index (χ2v) is 18.4. The lowest BCUT2D eigenvalue weighted by molar-refractivity contribution is -0.167. The third-order valence-corrected chi connectivity index (χ3v) is 11.4. The van der Waals surface area contributed by atoms with Crippen molar-refractivity contribution in [3.8, 4) is 0 Å². The van der Waals surface area contributed by atoms with Gasteiger partial charge < -0.3 is 14.2 Å². The van der Waals surface area contributed by atoms with Gasteiger partial charge in [-0.15, -0.1) is 0 Å². The number of allylic oxidation sites excluding steroid dienone is 28. The number of carbonyl (C=O) groups excluding carboxylic acids is 3. The lowest BCUT2D eigenvalue weighted by atomic mass is 10.1. The molecular weight excluding hydrogens is 913 g/mol. The maximum absolute atomic E-state index is 12.8. The molecule has 0 aromatic rings. The molecule has 0 fully saturated rings. The van der Waals surface area contributed by atoms with Crippen molar-refractivity contribution >= 4 is 17.9 Å². The van der Waals surface area contributed by atoms with Crippen molar-refractivity contribution in [3.05, 3.63) is 170 Å². The van der Waals surface area contributed by atoms with Gasteiger partial charge >= 0.3 is 17.9 Å². The number of hydrogen-bond donors (Lipinski definition) is 0. The van der Waals surface area contributed by atoms with Gasteiger partial charge in [-0.3, -0.25) is 14.4 Å². The van der Waals surface area contributed by atoms with Crippen LogP contribution in [0.25, 0.3) is 0 Å². The first-order valence-corrected chi connectivity index (χ1v) is 29.1. The van der Waals surface area contributed by atoms with E-state index >= 15 is 0 Å². The average molecular weight is 1020 g/mol. The van der Waals surface area contributed by atoms with Crippen molar-refractivity contribution in [2.24, 2.45) is 0 Å². The van der Waals surface area contributed by atoms with Gasteiger partial charge in [0.05, 0.1) is 0 Å². The summed E-state index contributed by atoms with van der Waals surface area (Å²) < 4.78 is 16.8. The Balaban J connectivity index is 4.52. The second-order valence-electron chi connectivity index (χ2n) is 18.4. The van der Waals surface area contributed by atoms with Crippen molar-refractivity contribution in [2.45, 2.75) is 226 Å². The molecule has 0 aliphatic rings. The normalized spacial score (nSPS) is 13.4. The predicted molar refractivity (Wildman–Crippen MR) is 320 cm³/mol. The van der Waals surface area contributed by atoms with Gasteiger partial charge in [-0.25, -0.2) is 0 Å². The van der Waals surface area contributed by atoms with E-state index in [-0.39, 0.29) is 44.0 Å². The maximum Gasteiger partial charge on any atom is 0.306 e. The van der Waals surface area contributed by atoms with Crippen LogP contribution < -0.4 is 0 Å². The van der Waals surface area contributed by atoms with Gasteiger partial charge in [0.15, 0.2) is 6.10 Å². The molecule has 0 aromatic carbocycles. The fourth-order valence-electron chi connectivity index (χ4n) is 7.11. The third kappa shape index (κ3) is 57.7. The van der Waals surface area contributed by atoms with Crippen molar-refractivity contribution in [1.82, 2.24) is 0 Å². The van der Waals surface area contributed by atoms with Crippen molar-refractivity contribution in [3.63, 3.8) is 0 Å². The van der Waals surface area contributed by atoms with Crippen molar-refractivity contribution < 1.29 is 28.6 Å². The van der Waals surface area contributed by atoms with Crippen LogP contribution in [0, 0.1) is 0 Å². The minimum Gasteiger partial charge on any atom is -0.462 e. The van der Waals surface area contributed by atoms with Crippen LogP contribution in [-0.4, -0.2) is 37.2 Å². The Hall–Kier alpha value is -5.23. The summed E-state index contributed by atoms with van der Waals surface area (Å²) in [5.41, 5.74) is 0. The van der Waals surface area contributed by atoms with E-state index in [1.165, 1.54) is 19.3 Å². The Morgan fingerprint density at radius 3 is 0.851 bits per heavy atom. The highest BCUT2D eigenvalue weighted by atomic mass is 16.6. The summed E-state index contributed by atoms with van der Waals surface area (Å²) in [6, 6.07) is 0. The number of esters is 3. The molecule has 1 unspecified atom stereocenters. The smallest absolute Gasteiger partial charge is 0.306 e. The number of ether oxygens (including phenoxy) is 3. The zero-order chi connectivity index (χ0) is 53.6. The molecule has 0 bridgehead atoms. The van der Waals surface area contributed by atoms with Gasteiger partial charge in [0.2, 0.25) is 0 Å². The number of unbranched alkanes of at least 4 members (excludes halogenated alkanes) is 11. The van der Waals surface area contributed by atoms with Crippen molar-refractivity contribution in [1.29, 1.82) is 0 Å². The summed E-state index contributed by atoms with van der Waals surface area (Å²) in [6.07, 6.45) is 89.2. The predicted octanol–water partition coefficient (Wildman–Crippen LogP) is 19.9. The largest absolute Gasteiger partial charge is 0.462 e. The van der Waals surface area contributed by atoms with E-state index in [0.717, 1.165) is 148 Å². The van der Waals surface area contributed by atoms with E-state index < -0.39 is 6.10 Å². The quantitative estimate of drug-likeness (QED) is 0.0261.